The van der Waals surface area contributed by atoms with Gasteiger partial charge in [0.1, 0.15) is 5.54 Å². The highest BCUT2D eigenvalue weighted by atomic mass is 16.2. The number of nitrogens with zero attached hydrogens (tertiary/aromatic N) is 1. The highest BCUT2D eigenvalue weighted by Crippen LogP contribution is 2.36. The van der Waals surface area contributed by atoms with Crippen molar-refractivity contribution in [2.75, 3.05) is 26.2 Å². The van der Waals surface area contributed by atoms with E-state index in [0.29, 0.717) is 6.04 Å². The molecule has 0 spiro atoms. The molecule has 1 amide bonds. The zero-order valence-electron chi connectivity index (χ0n) is 13.8. The van der Waals surface area contributed by atoms with Gasteiger partial charge in [0, 0.05) is 25.4 Å². The van der Waals surface area contributed by atoms with Gasteiger partial charge in [-0.25, -0.2) is 0 Å². The fraction of sp³-hybridized carbons (Fsp3) is 0.632. The normalized spacial score (nSPS) is 26.9. The van der Waals surface area contributed by atoms with Crippen molar-refractivity contribution in [3.63, 3.8) is 0 Å². The van der Waals surface area contributed by atoms with E-state index in [0.717, 1.165) is 45.4 Å². The zero-order valence-corrected chi connectivity index (χ0v) is 13.8. The summed E-state index contributed by atoms with van der Waals surface area (Å²) in [6.45, 7) is 4.05. The molecule has 0 radical (unpaired) electrons. The fourth-order valence-corrected chi connectivity index (χ4v) is 4.54. The molecule has 2 heterocycles. The highest BCUT2D eigenvalue weighted by Gasteiger charge is 2.48. The van der Waals surface area contributed by atoms with E-state index in [9.17, 15) is 4.79 Å². The number of nitrogens with one attached hydrogen (secondary N) is 2. The molecule has 0 aromatic heterocycles. The molecule has 1 aromatic rings. The molecular formula is C19H27N3O. The van der Waals surface area contributed by atoms with Crippen LogP contribution in [-0.4, -0.2) is 48.6 Å². The average Bonchev–Trinajstić information content (AvgIpc) is 3.23. The van der Waals surface area contributed by atoms with Gasteiger partial charge in [-0.05, 0) is 50.0 Å². The first kappa shape index (κ1) is 15.2. The van der Waals surface area contributed by atoms with Crippen molar-refractivity contribution >= 4 is 5.91 Å². The largest absolute Gasteiger partial charge is 0.350 e. The van der Waals surface area contributed by atoms with Gasteiger partial charge in [-0.2, -0.15) is 0 Å². The van der Waals surface area contributed by atoms with E-state index in [2.05, 4.69) is 39.8 Å². The number of amides is 1. The minimum atomic E-state index is -0.354. The van der Waals surface area contributed by atoms with Crippen LogP contribution in [0.1, 0.15) is 36.8 Å². The minimum absolute atomic E-state index is 0.254. The Balaban J connectivity index is 1.60. The number of piperidine rings is 1. The van der Waals surface area contributed by atoms with E-state index < -0.39 is 0 Å². The molecule has 4 heteroatoms. The summed E-state index contributed by atoms with van der Waals surface area (Å²) in [5, 5.41) is 6.70. The summed E-state index contributed by atoms with van der Waals surface area (Å²) in [6, 6.07) is 8.90. The predicted octanol–water partition coefficient (Wildman–Crippen LogP) is 1.49. The summed E-state index contributed by atoms with van der Waals surface area (Å²) >= 11 is 0. The maximum absolute atomic E-state index is 13.3. The molecule has 1 aromatic carbocycles. The van der Waals surface area contributed by atoms with Crippen molar-refractivity contribution in [1.29, 1.82) is 0 Å². The van der Waals surface area contributed by atoms with E-state index >= 15 is 0 Å². The number of carbonyl (C=O) groups excluding carboxylic acids is 1. The molecule has 1 atom stereocenters. The third-order valence-corrected chi connectivity index (χ3v) is 5.86. The van der Waals surface area contributed by atoms with Gasteiger partial charge < -0.3 is 10.6 Å². The van der Waals surface area contributed by atoms with Crippen molar-refractivity contribution in [3.8, 4) is 0 Å². The molecule has 3 aliphatic rings. The lowest BCUT2D eigenvalue weighted by Crippen LogP contribution is -2.62. The first-order valence-electron chi connectivity index (χ1n) is 9.11. The Morgan fingerprint density at radius 2 is 1.83 bits per heavy atom. The van der Waals surface area contributed by atoms with Crippen LogP contribution in [0.4, 0.5) is 0 Å². The van der Waals surface area contributed by atoms with Gasteiger partial charge in [0.2, 0.25) is 5.91 Å². The lowest BCUT2D eigenvalue weighted by atomic mass is 9.89. The van der Waals surface area contributed by atoms with Crippen LogP contribution in [0.3, 0.4) is 0 Å². The summed E-state index contributed by atoms with van der Waals surface area (Å²) in [5.74, 6) is 0.254. The summed E-state index contributed by atoms with van der Waals surface area (Å²) in [6.07, 6.45) is 6.53. The first-order chi connectivity index (χ1) is 11.3. The Morgan fingerprint density at radius 1 is 1.13 bits per heavy atom. The second-order valence-corrected chi connectivity index (χ2v) is 7.36. The first-order valence-corrected chi connectivity index (χ1v) is 9.11. The number of hydrogen-bond acceptors (Lipinski definition) is 3. The number of benzene rings is 1. The second-order valence-electron chi connectivity index (χ2n) is 7.36. The van der Waals surface area contributed by atoms with Gasteiger partial charge >= 0.3 is 0 Å². The van der Waals surface area contributed by atoms with Gasteiger partial charge in [0.05, 0.1) is 0 Å². The Bertz CT molecular complexity index is 549. The molecule has 23 heavy (non-hydrogen) atoms. The fourth-order valence-electron chi connectivity index (χ4n) is 4.54. The molecule has 0 bridgehead atoms. The molecule has 4 rings (SSSR count). The van der Waals surface area contributed by atoms with Crippen LogP contribution in [0.25, 0.3) is 0 Å². The second kappa shape index (κ2) is 6.25. The molecule has 0 saturated carbocycles. The Hall–Kier alpha value is -1.39. The smallest absolute Gasteiger partial charge is 0.241 e. The van der Waals surface area contributed by atoms with Crippen LogP contribution in [0.2, 0.25) is 0 Å². The predicted molar refractivity (Wildman–Crippen MR) is 91.4 cm³/mol. The summed E-state index contributed by atoms with van der Waals surface area (Å²) in [5.41, 5.74) is 2.36. The van der Waals surface area contributed by atoms with Gasteiger partial charge in [0.15, 0.2) is 0 Å². The van der Waals surface area contributed by atoms with Crippen LogP contribution in [0, 0.1) is 0 Å². The monoisotopic (exact) mass is 313 g/mol. The zero-order chi connectivity index (χ0) is 15.7. The van der Waals surface area contributed by atoms with E-state index in [4.69, 9.17) is 0 Å². The van der Waals surface area contributed by atoms with Gasteiger partial charge in [-0.15, -0.1) is 0 Å². The topological polar surface area (TPSA) is 44.4 Å². The summed E-state index contributed by atoms with van der Waals surface area (Å²) in [4.78, 5) is 15.8. The summed E-state index contributed by atoms with van der Waals surface area (Å²) < 4.78 is 0. The molecule has 2 aliphatic heterocycles. The number of likely N-dealkylation sites (tertiary alicyclic amines) is 1. The maximum Gasteiger partial charge on any atom is 0.241 e. The molecular weight excluding hydrogens is 286 g/mol. The SMILES string of the molecule is O=C(NC1CCNC1)C1(N2CCCCC2)Cc2ccccc2C1. The Labute approximate surface area is 138 Å². The number of carbonyl (C=O) groups is 1. The van der Waals surface area contributed by atoms with Crippen LogP contribution < -0.4 is 10.6 Å². The number of rotatable bonds is 3. The molecule has 1 unspecified atom stereocenters. The van der Waals surface area contributed by atoms with Gasteiger partial charge in [0.25, 0.3) is 0 Å². The molecule has 124 valence electrons. The minimum Gasteiger partial charge on any atom is -0.350 e. The van der Waals surface area contributed by atoms with E-state index in [-0.39, 0.29) is 11.4 Å². The average molecular weight is 313 g/mol. The lowest BCUT2D eigenvalue weighted by Gasteiger charge is -2.42. The highest BCUT2D eigenvalue weighted by molar-refractivity contribution is 5.88. The van der Waals surface area contributed by atoms with Crippen LogP contribution in [0.5, 0.6) is 0 Å². The third kappa shape index (κ3) is 2.79. The standard InChI is InChI=1S/C19H27N3O/c23-18(21-17-8-9-20-14-17)19(22-10-4-1-5-11-22)12-15-6-2-3-7-16(15)13-19/h2-3,6-7,17,20H,1,4-5,8-14H2,(H,21,23). The Kier molecular flexibility index (Phi) is 4.12. The van der Waals surface area contributed by atoms with Crippen molar-refractivity contribution in [1.82, 2.24) is 15.5 Å². The quantitative estimate of drug-likeness (QED) is 0.889. The molecule has 2 saturated heterocycles. The molecule has 1 aliphatic carbocycles. The van der Waals surface area contributed by atoms with E-state index in [1.807, 2.05) is 0 Å². The van der Waals surface area contributed by atoms with Crippen molar-refractivity contribution < 1.29 is 4.79 Å². The van der Waals surface area contributed by atoms with E-state index in [1.165, 1.54) is 30.4 Å². The van der Waals surface area contributed by atoms with Crippen LogP contribution in [-0.2, 0) is 17.6 Å². The molecule has 2 N–H and O–H groups in total. The molecule has 4 nitrogen and oxygen atoms in total. The van der Waals surface area contributed by atoms with Crippen molar-refractivity contribution in [2.24, 2.45) is 0 Å². The maximum atomic E-state index is 13.3. The van der Waals surface area contributed by atoms with Gasteiger partial charge in [-0.1, -0.05) is 30.7 Å². The third-order valence-electron chi connectivity index (χ3n) is 5.86. The van der Waals surface area contributed by atoms with Gasteiger partial charge in [-0.3, -0.25) is 9.69 Å². The van der Waals surface area contributed by atoms with Crippen LogP contribution >= 0.6 is 0 Å². The van der Waals surface area contributed by atoms with E-state index in [1.54, 1.807) is 0 Å². The number of fused-ring (bicyclic) bond motifs is 1. The Morgan fingerprint density at radius 3 is 2.43 bits per heavy atom. The number of hydrogen-bond donors (Lipinski definition) is 2. The van der Waals surface area contributed by atoms with Crippen molar-refractivity contribution in [3.05, 3.63) is 35.4 Å². The van der Waals surface area contributed by atoms with Crippen molar-refractivity contribution in [2.45, 2.75) is 50.1 Å². The summed E-state index contributed by atoms with van der Waals surface area (Å²) in [7, 11) is 0. The molecule has 2 fully saturated rings. The van der Waals surface area contributed by atoms with Crippen LogP contribution in [0.15, 0.2) is 24.3 Å². The lowest BCUT2D eigenvalue weighted by molar-refractivity contribution is -0.134.